The van der Waals surface area contributed by atoms with Crippen LogP contribution >= 0.6 is 0 Å². The Bertz CT molecular complexity index is 1420. The molecular weight excluding hydrogens is 710 g/mol. The van der Waals surface area contributed by atoms with Crippen molar-refractivity contribution >= 4 is 0 Å². The number of fused-ring (bicyclic) bond motifs is 4. The maximum Gasteiger partial charge on any atom is 0.286 e. The summed E-state index contributed by atoms with van der Waals surface area (Å²) in [5.74, 6) is -3.98. The van der Waals surface area contributed by atoms with Gasteiger partial charge in [-0.3, -0.25) is 0 Å². The summed E-state index contributed by atoms with van der Waals surface area (Å²) < 4.78 is 52.6. The fourth-order valence-electron chi connectivity index (χ4n) is 10.4. The molecule has 0 spiro atoms. The number of benzene rings is 1. The number of rotatable bonds is 9. The lowest BCUT2D eigenvalue weighted by molar-refractivity contribution is -0.481. The van der Waals surface area contributed by atoms with Crippen molar-refractivity contribution in [1.82, 2.24) is 5.32 Å². The molecule has 0 amide bonds. The lowest BCUT2D eigenvalue weighted by Gasteiger charge is -2.55. The zero-order chi connectivity index (χ0) is 40.2. The molecule has 314 valence electrons. The van der Waals surface area contributed by atoms with E-state index in [9.17, 15) is 20.4 Å². The van der Waals surface area contributed by atoms with Crippen LogP contribution in [-0.2, 0) is 44.4 Å². The van der Waals surface area contributed by atoms with E-state index in [4.69, 9.17) is 37.9 Å². The second-order valence-corrected chi connectivity index (χ2v) is 18.1. The molecule has 6 unspecified atom stereocenters. The Labute approximate surface area is 327 Å². The van der Waals surface area contributed by atoms with Gasteiger partial charge in [-0.1, -0.05) is 65.0 Å². The molecule has 4 bridgehead atoms. The number of methoxy groups -OCH3 is 1. The number of ether oxygens (including phenoxy) is 8. The summed E-state index contributed by atoms with van der Waals surface area (Å²) in [5.41, 5.74) is -2.25. The first-order valence-electron chi connectivity index (χ1n) is 20.6. The zero-order valence-corrected chi connectivity index (χ0v) is 34.7. The molecule has 0 aliphatic carbocycles. The molecule has 0 saturated carbocycles. The second kappa shape index (κ2) is 16.4. The Morgan fingerprint density at radius 3 is 2.22 bits per heavy atom. The molecule has 5 N–H and O–H groups in total. The standard InChI is InChI=1S/C42H69NO12/c1-12-30-41(10,46)37-24(4)33-22(2)19-40(9,54-33)36(52-38-32(44)29(18-23(3)49-38)43-21-28-16-14-13-15-17-28)25(5)34(26(6)42(47,53-30)55-37)51-31-20-39(8,48-11)35(45)27(7)50-31/h13-17,22-27,29-38,43-47H,12,18-21H2,1-11H3/t22-,23?,24-,25-,26+,27?,29?,30+,31-,32?,33?,34-,35-,36+,37+,38-,39?,40-,41+,42-/m0/s1. The number of nitrogens with one attached hydrogen (secondary N) is 1. The third-order valence-corrected chi connectivity index (χ3v) is 13.7. The van der Waals surface area contributed by atoms with E-state index >= 15 is 0 Å². The van der Waals surface area contributed by atoms with Crippen molar-refractivity contribution in [3.05, 3.63) is 35.9 Å². The molecule has 0 radical (unpaired) electrons. The molecule has 0 aromatic heterocycles. The average Bonchev–Trinajstić information content (AvgIpc) is 3.46. The van der Waals surface area contributed by atoms with Crippen LogP contribution in [0.5, 0.6) is 0 Å². The Morgan fingerprint density at radius 2 is 1.56 bits per heavy atom. The maximum absolute atomic E-state index is 12.6. The number of aliphatic hydroxyl groups excluding tert-OH is 2. The normalized spacial score (nSPS) is 52.1. The summed E-state index contributed by atoms with van der Waals surface area (Å²) in [4.78, 5) is 0. The third-order valence-electron chi connectivity index (χ3n) is 13.7. The highest BCUT2D eigenvalue weighted by molar-refractivity contribution is 5.14. The van der Waals surface area contributed by atoms with Gasteiger partial charge in [-0.25, -0.2) is 0 Å². The van der Waals surface area contributed by atoms with Crippen LogP contribution in [0.25, 0.3) is 0 Å². The smallest absolute Gasteiger partial charge is 0.286 e. The minimum atomic E-state index is -2.19. The van der Waals surface area contributed by atoms with Crippen LogP contribution in [0.2, 0.25) is 0 Å². The van der Waals surface area contributed by atoms with Gasteiger partial charge >= 0.3 is 0 Å². The van der Waals surface area contributed by atoms with Crippen LogP contribution in [0.15, 0.2) is 30.3 Å². The van der Waals surface area contributed by atoms with Crippen LogP contribution in [0.3, 0.4) is 0 Å². The summed E-state index contributed by atoms with van der Waals surface area (Å²) >= 11 is 0. The molecule has 20 atom stereocenters. The highest BCUT2D eigenvalue weighted by Crippen LogP contribution is 2.52. The topological polar surface area (TPSA) is 167 Å². The third kappa shape index (κ3) is 8.31. The van der Waals surface area contributed by atoms with Crippen LogP contribution in [0.1, 0.15) is 100 Å². The highest BCUT2D eigenvalue weighted by atomic mass is 16.8. The second-order valence-electron chi connectivity index (χ2n) is 18.1. The molecule has 1 aromatic carbocycles. The molecule has 1 aromatic rings. The molecule has 55 heavy (non-hydrogen) atoms. The van der Waals surface area contributed by atoms with Crippen molar-refractivity contribution in [1.29, 1.82) is 0 Å². The summed E-state index contributed by atoms with van der Waals surface area (Å²) in [6, 6.07) is 9.74. The predicted molar refractivity (Wildman–Crippen MR) is 202 cm³/mol. The molecule has 5 aliphatic heterocycles. The number of aliphatic hydroxyl groups is 4. The van der Waals surface area contributed by atoms with E-state index < -0.39 is 89.9 Å². The fourth-order valence-corrected chi connectivity index (χ4v) is 10.4. The Morgan fingerprint density at radius 1 is 0.873 bits per heavy atom. The Kier molecular flexibility index (Phi) is 12.9. The molecule has 5 aliphatic rings. The molecule has 5 saturated heterocycles. The first-order valence-corrected chi connectivity index (χ1v) is 20.6. The van der Waals surface area contributed by atoms with Gasteiger partial charge in [0, 0.05) is 38.0 Å². The molecule has 13 nitrogen and oxygen atoms in total. The molecular formula is C42H69NO12. The van der Waals surface area contributed by atoms with E-state index in [0.29, 0.717) is 25.8 Å². The number of hydrogen-bond acceptors (Lipinski definition) is 13. The average molecular weight is 780 g/mol. The van der Waals surface area contributed by atoms with E-state index in [1.165, 1.54) is 0 Å². The zero-order valence-electron chi connectivity index (χ0n) is 34.7. The van der Waals surface area contributed by atoms with Crippen molar-refractivity contribution in [2.24, 2.45) is 23.7 Å². The van der Waals surface area contributed by atoms with Crippen molar-refractivity contribution in [3.63, 3.8) is 0 Å². The first-order chi connectivity index (χ1) is 25.8. The van der Waals surface area contributed by atoms with E-state index in [0.717, 1.165) is 5.56 Å². The quantitative estimate of drug-likeness (QED) is 0.244. The molecule has 13 heteroatoms. The minimum Gasteiger partial charge on any atom is -0.387 e. The van der Waals surface area contributed by atoms with Gasteiger partial charge in [0.05, 0.1) is 59.8 Å². The van der Waals surface area contributed by atoms with Crippen molar-refractivity contribution in [3.8, 4) is 0 Å². The first kappa shape index (κ1) is 43.3. The van der Waals surface area contributed by atoms with Crippen molar-refractivity contribution in [2.75, 3.05) is 7.11 Å². The van der Waals surface area contributed by atoms with Gasteiger partial charge in [-0.2, -0.15) is 0 Å². The van der Waals surface area contributed by atoms with Crippen LogP contribution < -0.4 is 5.32 Å². The SMILES string of the molecule is CC[C@H]1O[C@]2(O)O[C@H]([C@@H](C)C3O[C@@](C)(C[C@@H]3C)[C@H](O[C@@H]3OC(C)CC(NCc4ccccc4)C3O)[C@@H](C)[C@H](O[C@H]3CC(C)(OC)[C@@H](O)C(C)O3)[C@H]2C)[C@]1(C)O. The molecule has 5 fully saturated rings. The van der Waals surface area contributed by atoms with E-state index in [1.54, 1.807) is 21.0 Å². The largest absolute Gasteiger partial charge is 0.387 e. The summed E-state index contributed by atoms with van der Waals surface area (Å²) in [7, 11) is 1.55. The Balaban J connectivity index is 1.40. The number of hydrogen-bond donors (Lipinski definition) is 5. The van der Waals surface area contributed by atoms with Crippen LogP contribution in [0, 0.1) is 23.7 Å². The molecule has 5 heterocycles. The van der Waals surface area contributed by atoms with E-state index in [2.05, 4.69) is 12.2 Å². The van der Waals surface area contributed by atoms with Gasteiger partial charge in [0.2, 0.25) is 0 Å². The van der Waals surface area contributed by atoms with E-state index in [-0.39, 0.29) is 36.5 Å². The van der Waals surface area contributed by atoms with Gasteiger partial charge in [0.15, 0.2) is 12.6 Å². The van der Waals surface area contributed by atoms with Gasteiger partial charge in [0.1, 0.15) is 17.8 Å². The van der Waals surface area contributed by atoms with Crippen LogP contribution in [0.4, 0.5) is 0 Å². The highest BCUT2D eigenvalue weighted by Gasteiger charge is 2.64. The fraction of sp³-hybridized carbons (Fsp3) is 0.857. The van der Waals surface area contributed by atoms with Crippen molar-refractivity contribution in [2.45, 2.75) is 198 Å². The maximum atomic E-state index is 12.6. The molecule has 6 rings (SSSR count). The lowest BCUT2D eigenvalue weighted by atomic mass is 9.74. The van der Waals surface area contributed by atoms with Crippen LogP contribution in [-0.4, -0.2) is 124 Å². The van der Waals surface area contributed by atoms with Gasteiger partial charge in [0.25, 0.3) is 5.97 Å². The van der Waals surface area contributed by atoms with Gasteiger partial charge in [-0.15, -0.1) is 0 Å². The van der Waals surface area contributed by atoms with Gasteiger partial charge < -0.3 is 63.6 Å². The van der Waals surface area contributed by atoms with Crippen molar-refractivity contribution < 1.29 is 58.3 Å². The minimum absolute atomic E-state index is 0.00719. The predicted octanol–water partition coefficient (Wildman–Crippen LogP) is 4.01. The van der Waals surface area contributed by atoms with E-state index in [1.807, 2.05) is 78.8 Å². The lowest BCUT2D eigenvalue weighted by Crippen LogP contribution is -2.69. The Hall–Kier alpha value is -1.30. The summed E-state index contributed by atoms with van der Waals surface area (Å²) in [6.45, 7) is 19.7. The summed E-state index contributed by atoms with van der Waals surface area (Å²) in [5, 5.41) is 51.1. The summed E-state index contributed by atoms with van der Waals surface area (Å²) in [6.07, 6.45) is -6.46. The van der Waals surface area contributed by atoms with Gasteiger partial charge in [-0.05, 0) is 65.4 Å². The monoisotopic (exact) mass is 779 g/mol.